The maximum absolute atomic E-state index is 2.80. The standard InChI is InChI=1S/C55H94N2/c1-4-7-9-11-13-15-17-19-21-22-24-26-28-30-32-34-42-48-57-50-49-56(47-41-33-31-29-27-25-23-20-18-16-14-12-10-8-5-2)55(57,51-52-43-37-35-38-44-52)54(6-3)53-45-39-36-40-46-53/h35-40,43-46,49-50,54H,4-34,41-42,47-48,51H2,1-3H3. The molecule has 0 amide bonds. The van der Waals surface area contributed by atoms with Gasteiger partial charge in [-0.1, -0.05) is 274 Å². The summed E-state index contributed by atoms with van der Waals surface area (Å²) in [5, 5.41) is 0. The van der Waals surface area contributed by atoms with Crippen molar-refractivity contribution in [3.63, 3.8) is 0 Å². The lowest BCUT2D eigenvalue weighted by Gasteiger charge is -2.51. The second kappa shape index (κ2) is 33.6. The van der Waals surface area contributed by atoms with Crippen LogP contribution in [0.4, 0.5) is 0 Å². The van der Waals surface area contributed by atoms with Crippen LogP contribution in [0.25, 0.3) is 0 Å². The van der Waals surface area contributed by atoms with Crippen molar-refractivity contribution < 1.29 is 0 Å². The van der Waals surface area contributed by atoms with Crippen molar-refractivity contribution in [1.29, 1.82) is 0 Å². The lowest BCUT2D eigenvalue weighted by Crippen LogP contribution is -2.59. The molecule has 1 aliphatic heterocycles. The summed E-state index contributed by atoms with van der Waals surface area (Å²) < 4.78 is 0. The van der Waals surface area contributed by atoms with E-state index in [0.717, 1.165) is 25.9 Å². The van der Waals surface area contributed by atoms with Gasteiger partial charge in [-0.25, -0.2) is 0 Å². The zero-order chi connectivity index (χ0) is 40.3. The van der Waals surface area contributed by atoms with E-state index in [2.05, 4.69) is 104 Å². The minimum Gasteiger partial charge on any atom is -0.353 e. The molecule has 0 spiro atoms. The zero-order valence-electron chi connectivity index (χ0n) is 38.4. The topological polar surface area (TPSA) is 6.48 Å². The summed E-state index contributed by atoms with van der Waals surface area (Å²) in [6, 6.07) is 22.9. The maximum atomic E-state index is 2.80. The van der Waals surface area contributed by atoms with Crippen molar-refractivity contribution in [3.8, 4) is 0 Å². The van der Waals surface area contributed by atoms with E-state index >= 15 is 0 Å². The maximum Gasteiger partial charge on any atom is 0.123 e. The first-order chi connectivity index (χ1) is 28.3. The van der Waals surface area contributed by atoms with Gasteiger partial charge in [0, 0.05) is 37.8 Å². The summed E-state index contributed by atoms with van der Waals surface area (Å²) in [5.74, 6) is 0.441. The van der Waals surface area contributed by atoms with Gasteiger partial charge in [-0.2, -0.15) is 0 Å². The minimum atomic E-state index is -0.0670. The Kier molecular flexibility index (Phi) is 29.0. The molecule has 0 saturated carbocycles. The second-order valence-corrected chi connectivity index (χ2v) is 18.2. The smallest absolute Gasteiger partial charge is 0.123 e. The molecule has 3 rings (SSSR count). The SMILES string of the molecule is CCCCCCCCCCCCCCCCCCCN1C=CN(CCCCCCCCCCCCCCCCC)C1(Cc1ccccc1)C(CC)c1ccccc1. The Morgan fingerprint density at radius 3 is 0.982 bits per heavy atom. The van der Waals surface area contributed by atoms with Gasteiger partial charge in [0.1, 0.15) is 5.66 Å². The number of rotatable bonds is 39. The van der Waals surface area contributed by atoms with Gasteiger partial charge in [-0.05, 0) is 30.4 Å². The van der Waals surface area contributed by atoms with Gasteiger partial charge in [0.2, 0.25) is 0 Å². The first kappa shape index (κ1) is 49.1. The van der Waals surface area contributed by atoms with Crippen molar-refractivity contribution >= 4 is 0 Å². The van der Waals surface area contributed by atoms with Crippen LogP contribution >= 0.6 is 0 Å². The van der Waals surface area contributed by atoms with Crippen molar-refractivity contribution in [3.05, 3.63) is 84.2 Å². The Labute approximate surface area is 356 Å². The van der Waals surface area contributed by atoms with Crippen LogP contribution in [0.1, 0.15) is 250 Å². The van der Waals surface area contributed by atoms with Crippen LogP contribution in [-0.4, -0.2) is 28.6 Å². The molecule has 2 aromatic rings. The Hall–Kier alpha value is -2.22. The van der Waals surface area contributed by atoms with Crippen molar-refractivity contribution in [2.24, 2.45) is 0 Å². The summed E-state index contributed by atoms with van der Waals surface area (Å²) in [7, 11) is 0. The average molecular weight is 783 g/mol. The first-order valence-electron chi connectivity index (χ1n) is 25.6. The third-order valence-electron chi connectivity index (χ3n) is 13.4. The average Bonchev–Trinajstić information content (AvgIpc) is 3.57. The van der Waals surface area contributed by atoms with Crippen LogP contribution in [0.5, 0.6) is 0 Å². The molecule has 57 heavy (non-hydrogen) atoms. The minimum absolute atomic E-state index is 0.0670. The van der Waals surface area contributed by atoms with E-state index in [9.17, 15) is 0 Å². The third-order valence-corrected chi connectivity index (χ3v) is 13.4. The normalized spacial score (nSPS) is 15.9. The molecule has 0 aliphatic carbocycles. The second-order valence-electron chi connectivity index (χ2n) is 18.2. The number of benzene rings is 2. The van der Waals surface area contributed by atoms with Crippen molar-refractivity contribution in [1.82, 2.24) is 9.80 Å². The highest BCUT2D eigenvalue weighted by atomic mass is 15.4. The molecule has 0 aromatic heterocycles. The molecule has 0 bridgehead atoms. The molecule has 2 heteroatoms. The Balaban J connectivity index is 1.44. The highest BCUT2D eigenvalue weighted by Gasteiger charge is 2.49. The Bertz CT molecular complexity index is 1180. The van der Waals surface area contributed by atoms with Gasteiger partial charge in [0.15, 0.2) is 0 Å². The number of unbranched alkanes of at least 4 members (excludes halogenated alkanes) is 30. The molecule has 1 heterocycles. The van der Waals surface area contributed by atoms with Crippen LogP contribution in [0.2, 0.25) is 0 Å². The van der Waals surface area contributed by atoms with Gasteiger partial charge >= 0.3 is 0 Å². The molecule has 2 nitrogen and oxygen atoms in total. The summed E-state index contributed by atoms with van der Waals surface area (Å²) in [4.78, 5) is 5.61. The van der Waals surface area contributed by atoms with Gasteiger partial charge < -0.3 is 9.80 Å². The molecular formula is C55H94N2. The highest BCUT2D eigenvalue weighted by molar-refractivity contribution is 5.30. The molecule has 0 saturated heterocycles. The third kappa shape index (κ3) is 20.5. The molecule has 1 aliphatic rings. The van der Waals surface area contributed by atoms with Gasteiger partial charge in [0.25, 0.3) is 0 Å². The van der Waals surface area contributed by atoms with Crippen molar-refractivity contribution in [2.45, 2.75) is 251 Å². The zero-order valence-corrected chi connectivity index (χ0v) is 38.4. The predicted octanol–water partition coefficient (Wildman–Crippen LogP) is 17.7. The summed E-state index contributed by atoms with van der Waals surface area (Å²) in [5.41, 5.74) is 2.89. The predicted molar refractivity (Wildman–Crippen MR) is 254 cm³/mol. The molecule has 2 unspecified atom stereocenters. The summed E-state index contributed by atoms with van der Waals surface area (Å²) in [6.07, 6.45) is 52.7. The molecule has 2 atom stereocenters. The van der Waals surface area contributed by atoms with Crippen LogP contribution in [0.15, 0.2) is 73.1 Å². The number of nitrogens with zero attached hydrogens (tertiary/aromatic N) is 2. The first-order valence-corrected chi connectivity index (χ1v) is 25.6. The molecule has 0 N–H and O–H groups in total. The van der Waals surface area contributed by atoms with E-state index in [-0.39, 0.29) is 5.66 Å². The molecule has 0 radical (unpaired) electrons. The Morgan fingerprint density at radius 2 is 0.667 bits per heavy atom. The lowest BCUT2D eigenvalue weighted by atomic mass is 9.78. The quantitative estimate of drug-likeness (QED) is 0.0623. The van der Waals surface area contributed by atoms with E-state index < -0.39 is 0 Å². The van der Waals surface area contributed by atoms with Crippen LogP contribution in [-0.2, 0) is 6.42 Å². The van der Waals surface area contributed by atoms with E-state index in [1.165, 1.54) is 217 Å². The lowest BCUT2D eigenvalue weighted by molar-refractivity contribution is -0.00378. The van der Waals surface area contributed by atoms with Crippen molar-refractivity contribution in [2.75, 3.05) is 13.1 Å². The van der Waals surface area contributed by atoms with Gasteiger partial charge in [-0.15, -0.1) is 0 Å². The van der Waals surface area contributed by atoms with E-state index in [0.29, 0.717) is 5.92 Å². The number of hydrogen-bond donors (Lipinski definition) is 0. The van der Waals surface area contributed by atoms with Crippen LogP contribution in [0.3, 0.4) is 0 Å². The molecular weight excluding hydrogens is 689 g/mol. The summed E-state index contributed by atoms with van der Waals surface area (Å²) in [6.45, 7) is 9.36. The summed E-state index contributed by atoms with van der Waals surface area (Å²) >= 11 is 0. The highest BCUT2D eigenvalue weighted by Crippen LogP contribution is 2.45. The van der Waals surface area contributed by atoms with E-state index in [4.69, 9.17) is 0 Å². The van der Waals surface area contributed by atoms with Gasteiger partial charge in [0.05, 0.1) is 0 Å². The monoisotopic (exact) mass is 783 g/mol. The van der Waals surface area contributed by atoms with E-state index in [1.807, 2.05) is 0 Å². The Morgan fingerprint density at radius 1 is 0.368 bits per heavy atom. The van der Waals surface area contributed by atoms with Crippen LogP contribution < -0.4 is 0 Å². The molecule has 2 aromatic carbocycles. The van der Waals surface area contributed by atoms with Gasteiger partial charge in [-0.3, -0.25) is 0 Å². The number of hydrogen-bond acceptors (Lipinski definition) is 2. The fourth-order valence-electron chi connectivity index (χ4n) is 9.92. The fourth-order valence-corrected chi connectivity index (χ4v) is 9.92. The van der Waals surface area contributed by atoms with Crippen LogP contribution in [0, 0.1) is 0 Å². The largest absolute Gasteiger partial charge is 0.353 e. The van der Waals surface area contributed by atoms with E-state index in [1.54, 1.807) is 0 Å². The molecule has 324 valence electrons. The molecule has 0 fully saturated rings. The fraction of sp³-hybridized carbons (Fsp3) is 0.745.